The summed E-state index contributed by atoms with van der Waals surface area (Å²) in [5.41, 5.74) is 13.2. The van der Waals surface area contributed by atoms with E-state index in [0.717, 1.165) is 22.9 Å². The lowest BCUT2D eigenvalue weighted by molar-refractivity contribution is 0.710. The van der Waals surface area contributed by atoms with Gasteiger partial charge in [-0.15, -0.1) is 0 Å². The summed E-state index contributed by atoms with van der Waals surface area (Å²) in [6.45, 7) is 1.21. The zero-order valence-electron chi connectivity index (χ0n) is 15.0. The van der Waals surface area contributed by atoms with Gasteiger partial charge in [0, 0.05) is 39.0 Å². The Morgan fingerprint density at radius 2 is 1.89 bits per heavy atom. The van der Waals surface area contributed by atoms with Gasteiger partial charge in [0.25, 0.3) is 0 Å². The van der Waals surface area contributed by atoms with Crippen LogP contribution in [0, 0.1) is 0 Å². The first kappa shape index (κ1) is 19.2. The number of halogens is 3. The minimum Gasteiger partial charge on any atom is -0.370 e. The molecule has 0 bridgehead atoms. The standard InChI is InChI=1S/C21H19Cl3N4/c22-14-3-6-20-16(11-14)15-9-12(13-1-4-17(23)18(24)10-13)2-5-19(15)28(20)8-7-27-21(25)26/h1,3-6,9-12H,2,7-8H2,(H4,25,26,27). The number of aromatic nitrogens is 1. The molecule has 7 heteroatoms. The fraction of sp³-hybridized carbons (Fsp3) is 0.190. The summed E-state index contributed by atoms with van der Waals surface area (Å²) in [5.74, 6) is 0.321. The predicted molar refractivity (Wildman–Crippen MR) is 120 cm³/mol. The smallest absolute Gasteiger partial charge is 0.185 e. The summed E-state index contributed by atoms with van der Waals surface area (Å²) in [6.07, 6.45) is 5.41. The number of rotatable bonds is 4. The number of fused-ring (bicyclic) bond motifs is 3. The Labute approximate surface area is 177 Å². The van der Waals surface area contributed by atoms with Crippen LogP contribution in [0.1, 0.15) is 17.9 Å². The van der Waals surface area contributed by atoms with Gasteiger partial charge in [-0.05, 0) is 42.3 Å². The van der Waals surface area contributed by atoms with Gasteiger partial charge < -0.3 is 16.0 Å². The highest BCUT2D eigenvalue weighted by atomic mass is 35.5. The van der Waals surface area contributed by atoms with Gasteiger partial charge in [0.15, 0.2) is 5.96 Å². The molecule has 28 heavy (non-hydrogen) atoms. The molecule has 0 radical (unpaired) electrons. The highest BCUT2D eigenvalue weighted by Gasteiger charge is 2.16. The van der Waals surface area contributed by atoms with Gasteiger partial charge in [0.05, 0.1) is 16.6 Å². The molecule has 1 heterocycles. The monoisotopic (exact) mass is 432 g/mol. The quantitative estimate of drug-likeness (QED) is 0.487. The van der Waals surface area contributed by atoms with Crippen molar-refractivity contribution >= 4 is 63.8 Å². The topological polar surface area (TPSA) is 69.3 Å². The van der Waals surface area contributed by atoms with Crippen LogP contribution in [-0.4, -0.2) is 17.1 Å². The molecule has 0 saturated carbocycles. The summed E-state index contributed by atoms with van der Waals surface area (Å²) in [6, 6.07) is 11.8. The second kappa shape index (κ2) is 7.70. The van der Waals surface area contributed by atoms with E-state index in [9.17, 15) is 0 Å². The van der Waals surface area contributed by atoms with Gasteiger partial charge in [0.2, 0.25) is 0 Å². The summed E-state index contributed by atoms with van der Waals surface area (Å²) in [4.78, 5) is 4.13. The van der Waals surface area contributed by atoms with E-state index in [1.807, 2.05) is 36.4 Å². The molecule has 3 aromatic rings. The third-order valence-corrected chi connectivity index (χ3v) is 6.00. The Morgan fingerprint density at radius 3 is 2.64 bits per heavy atom. The van der Waals surface area contributed by atoms with Crippen molar-refractivity contribution in [2.75, 3.05) is 6.54 Å². The molecule has 144 valence electrons. The minimum absolute atomic E-state index is 0.101. The third kappa shape index (κ3) is 3.60. The van der Waals surface area contributed by atoms with Crippen LogP contribution < -0.4 is 22.0 Å². The maximum absolute atomic E-state index is 6.29. The molecule has 1 atom stereocenters. The molecule has 4 rings (SSSR count). The molecule has 1 unspecified atom stereocenters. The maximum atomic E-state index is 6.29. The molecular weight excluding hydrogens is 415 g/mol. The average molecular weight is 434 g/mol. The molecule has 2 aromatic carbocycles. The first-order chi connectivity index (χ1) is 13.4. The van der Waals surface area contributed by atoms with Crippen LogP contribution >= 0.6 is 34.8 Å². The molecule has 1 aromatic heterocycles. The van der Waals surface area contributed by atoms with Crippen LogP contribution in [0.3, 0.4) is 0 Å². The first-order valence-electron chi connectivity index (χ1n) is 8.94. The Hall–Kier alpha value is -2.14. The number of hydrogen-bond acceptors (Lipinski definition) is 1. The van der Waals surface area contributed by atoms with Crippen molar-refractivity contribution in [1.29, 1.82) is 0 Å². The number of nitrogens with two attached hydrogens (primary N) is 2. The third-order valence-electron chi connectivity index (χ3n) is 5.03. The number of aliphatic imine (C=N–C) groups is 1. The zero-order chi connectivity index (χ0) is 19.8. The van der Waals surface area contributed by atoms with Crippen LogP contribution in [0.2, 0.25) is 15.1 Å². The van der Waals surface area contributed by atoms with E-state index >= 15 is 0 Å². The zero-order valence-corrected chi connectivity index (χ0v) is 17.3. The number of nitrogens with zero attached hydrogens (tertiary/aromatic N) is 2. The van der Waals surface area contributed by atoms with Crippen LogP contribution in [0.25, 0.3) is 23.1 Å². The van der Waals surface area contributed by atoms with Crippen molar-refractivity contribution in [2.45, 2.75) is 18.9 Å². The summed E-state index contributed by atoms with van der Waals surface area (Å²) in [5, 5.41) is 5.30. The van der Waals surface area contributed by atoms with Crippen molar-refractivity contribution in [1.82, 2.24) is 4.57 Å². The average Bonchev–Trinajstić information content (AvgIpc) is 2.96. The van der Waals surface area contributed by atoms with E-state index in [2.05, 4.69) is 21.7 Å². The number of hydrogen-bond donors (Lipinski definition) is 2. The van der Waals surface area contributed by atoms with Gasteiger partial charge in [0.1, 0.15) is 0 Å². The van der Waals surface area contributed by atoms with E-state index in [1.165, 1.54) is 10.6 Å². The normalized spacial score (nSPS) is 15.6. The van der Waals surface area contributed by atoms with E-state index in [1.54, 1.807) is 0 Å². The van der Waals surface area contributed by atoms with Crippen molar-refractivity contribution < 1.29 is 0 Å². The summed E-state index contributed by atoms with van der Waals surface area (Å²) in [7, 11) is 0. The van der Waals surface area contributed by atoms with Crippen molar-refractivity contribution in [3.8, 4) is 0 Å². The largest absolute Gasteiger partial charge is 0.370 e. The van der Waals surface area contributed by atoms with Crippen LogP contribution in [0.15, 0.2) is 41.4 Å². The molecule has 4 nitrogen and oxygen atoms in total. The minimum atomic E-state index is 0.101. The van der Waals surface area contributed by atoms with Crippen molar-refractivity contribution in [3.05, 3.63) is 67.6 Å². The Balaban J connectivity index is 1.86. The summed E-state index contributed by atoms with van der Waals surface area (Å²) >= 11 is 18.6. The molecule has 0 amide bonds. The number of guanidine groups is 1. The van der Waals surface area contributed by atoms with Gasteiger partial charge in [-0.25, -0.2) is 0 Å². The molecule has 1 aliphatic rings. The molecule has 0 spiro atoms. The lowest BCUT2D eigenvalue weighted by Gasteiger charge is -2.15. The highest BCUT2D eigenvalue weighted by Crippen LogP contribution is 2.30. The molecular formula is C21H19Cl3N4. The van der Waals surface area contributed by atoms with Gasteiger partial charge >= 0.3 is 0 Å². The second-order valence-corrected chi connectivity index (χ2v) is 8.06. The van der Waals surface area contributed by atoms with Gasteiger partial charge in [-0.3, -0.25) is 4.99 Å². The van der Waals surface area contributed by atoms with Crippen molar-refractivity contribution in [3.63, 3.8) is 0 Å². The Morgan fingerprint density at radius 1 is 1.07 bits per heavy atom. The van der Waals surface area contributed by atoms with Crippen LogP contribution in [-0.2, 0) is 6.54 Å². The highest BCUT2D eigenvalue weighted by molar-refractivity contribution is 6.42. The molecule has 0 aliphatic heterocycles. The second-order valence-electron chi connectivity index (χ2n) is 6.81. The Kier molecular flexibility index (Phi) is 5.28. The van der Waals surface area contributed by atoms with E-state index in [-0.39, 0.29) is 11.9 Å². The van der Waals surface area contributed by atoms with Gasteiger partial charge in [-0.1, -0.05) is 53.0 Å². The SMILES string of the molecule is NC(N)=NCCn1c2c(c3cc(Cl)ccc31)=CC(c1ccc(Cl)c(Cl)c1)CC=2. The number of benzene rings is 2. The molecule has 4 N–H and O–H groups in total. The van der Waals surface area contributed by atoms with Crippen molar-refractivity contribution in [2.24, 2.45) is 16.5 Å². The lowest BCUT2D eigenvalue weighted by Crippen LogP contribution is -2.33. The fourth-order valence-electron chi connectivity index (χ4n) is 3.77. The van der Waals surface area contributed by atoms with Crippen LogP contribution in [0.4, 0.5) is 0 Å². The first-order valence-corrected chi connectivity index (χ1v) is 10.1. The fourth-order valence-corrected chi connectivity index (χ4v) is 4.25. The molecule has 0 saturated heterocycles. The van der Waals surface area contributed by atoms with E-state index in [4.69, 9.17) is 46.3 Å². The molecule has 0 fully saturated rings. The molecule has 1 aliphatic carbocycles. The maximum Gasteiger partial charge on any atom is 0.185 e. The lowest BCUT2D eigenvalue weighted by atomic mass is 9.91. The summed E-state index contributed by atoms with van der Waals surface area (Å²) < 4.78 is 2.25. The van der Waals surface area contributed by atoms with Gasteiger partial charge in [-0.2, -0.15) is 0 Å². The predicted octanol–water partition coefficient (Wildman–Crippen LogP) is 3.62. The van der Waals surface area contributed by atoms with E-state index < -0.39 is 0 Å². The van der Waals surface area contributed by atoms with Crippen LogP contribution in [0.5, 0.6) is 0 Å². The Bertz CT molecular complexity index is 1210. The van der Waals surface area contributed by atoms with E-state index in [0.29, 0.717) is 28.2 Å².